The van der Waals surface area contributed by atoms with Gasteiger partial charge >= 0.3 is 11.5 Å². The Bertz CT molecular complexity index is 671. The molecule has 0 bridgehead atoms. The third-order valence-corrected chi connectivity index (χ3v) is 5.33. The van der Waals surface area contributed by atoms with Crippen LogP contribution in [-0.2, 0) is 25.8 Å². The van der Waals surface area contributed by atoms with Crippen LogP contribution in [0.5, 0.6) is 5.75 Å². The minimum atomic E-state index is -6.09. The van der Waals surface area contributed by atoms with Crippen molar-refractivity contribution in [2.45, 2.75) is 62.3 Å². The van der Waals surface area contributed by atoms with E-state index in [-0.39, 0.29) is 16.9 Å². The standard InChI is InChI=1S/C17H27O2S.CHF3O3S/c1-4-5-6-7-8-9-10-17(18)19-15-11-13-16(14-12-15)20(2)3;2-1(3,4)8(5,6)7/h11-14H,4-10H2,1-3H3;(H,5,6,7)/q+1;/p-1. The number of hydrogen-bond donors (Lipinski definition) is 0. The second kappa shape index (κ2) is 13.1. The summed E-state index contributed by atoms with van der Waals surface area (Å²) in [6.07, 6.45) is 12.0. The number of carbonyl (C=O) groups excluding carboxylic acids is 1. The van der Waals surface area contributed by atoms with Crippen LogP contribution in [0.2, 0.25) is 0 Å². The number of alkyl halides is 3. The summed E-state index contributed by atoms with van der Waals surface area (Å²) in [7, 11) is -5.84. The Morgan fingerprint density at radius 1 is 1.04 bits per heavy atom. The van der Waals surface area contributed by atoms with Crippen LogP contribution in [0.1, 0.15) is 51.9 Å². The van der Waals surface area contributed by atoms with Gasteiger partial charge in [0.2, 0.25) is 0 Å². The largest absolute Gasteiger partial charge is 0.741 e. The lowest BCUT2D eigenvalue weighted by Crippen LogP contribution is -2.21. The number of halogens is 3. The van der Waals surface area contributed by atoms with Gasteiger partial charge in [-0.2, -0.15) is 13.2 Å². The summed E-state index contributed by atoms with van der Waals surface area (Å²) in [5, 5.41) is 0. The average molecular weight is 445 g/mol. The maximum atomic E-state index is 11.7. The van der Waals surface area contributed by atoms with Gasteiger partial charge in [-0.3, -0.25) is 4.79 Å². The summed E-state index contributed by atoms with van der Waals surface area (Å²) in [5.41, 5.74) is -5.65. The second-order valence-electron chi connectivity index (χ2n) is 6.18. The van der Waals surface area contributed by atoms with Crippen LogP contribution < -0.4 is 4.74 Å². The first-order valence-corrected chi connectivity index (χ1v) is 12.2. The Morgan fingerprint density at radius 3 is 1.93 bits per heavy atom. The molecule has 0 aliphatic carbocycles. The van der Waals surface area contributed by atoms with Crippen molar-refractivity contribution < 1.29 is 35.7 Å². The number of rotatable bonds is 9. The number of benzene rings is 1. The lowest BCUT2D eigenvalue weighted by atomic mass is 10.1. The fourth-order valence-corrected chi connectivity index (χ4v) is 2.69. The highest BCUT2D eigenvalue weighted by molar-refractivity contribution is 7.95. The third kappa shape index (κ3) is 12.2. The van der Waals surface area contributed by atoms with Crippen molar-refractivity contribution >= 4 is 27.0 Å². The molecule has 0 atom stereocenters. The predicted octanol–water partition coefficient (Wildman–Crippen LogP) is 4.63. The lowest BCUT2D eigenvalue weighted by molar-refractivity contribution is -0.134. The fourth-order valence-electron chi connectivity index (χ4n) is 2.01. The molecule has 10 heteroatoms. The van der Waals surface area contributed by atoms with Gasteiger partial charge in [-0.05, 0) is 30.7 Å². The summed E-state index contributed by atoms with van der Waals surface area (Å²) in [6.45, 7) is 2.21. The molecular weight excluding hydrogens is 417 g/mol. The van der Waals surface area contributed by atoms with E-state index in [0.717, 1.165) is 12.8 Å². The molecule has 0 radical (unpaired) electrons. The Balaban J connectivity index is 0.000000769. The van der Waals surface area contributed by atoms with E-state index in [1.165, 1.54) is 30.6 Å². The number of esters is 1. The zero-order valence-corrected chi connectivity index (χ0v) is 17.9. The van der Waals surface area contributed by atoms with E-state index < -0.39 is 15.6 Å². The number of unbranched alkanes of at least 4 members (excludes halogenated alkanes) is 5. The van der Waals surface area contributed by atoms with E-state index in [1.54, 1.807) is 0 Å². The molecule has 1 rings (SSSR count). The first kappa shape index (κ1) is 26.7. The highest BCUT2D eigenvalue weighted by Gasteiger charge is 2.36. The zero-order valence-electron chi connectivity index (χ0n) is 16.3. The smallest absolute Gasteiger partial charge is 0.485 e. The van der Waals surface area contributed by atoms with Crippen LogP contribution in [0.3, 0.4) is 0 Å². The van der Waals surface area contributed by atoms with Gasteiger partial charge in [0, 0.05) is 17.3 Å². The van der Waals surface area contributed by atoms with Crippen LogP contribution in [-0.4, -0.2) is 37.0 Å². The Kier molecular flexibility index (Phi) is 12.5. The first-order chi connectivity index (χ1) is 12.9. The van der Waals surface area contributed by atoms with Gasteiger partial charge in [0.05, 0.1) is 0 Å². The normalized spacial score (nSPS) is 11.7. The SMILES string of the molecule is CCCCCCCCC(=O)Oc1ccc([S+](C)C)cc1.O=S(=O)([O-])C(F)(F)F. The summed E-state index contributed by atoms with van der Waals surface area (Å²) in [4.78, 5) is 13.0. The summed E-state index contributed by atoms with van der Waals surface area (Å²) >= 11 is 0. The second-order valence-corrected chi connectivity index (χ2v) is 9.66. The van der Waals surface area contributed by atoms with Crippen LogP contribution in [0.25, 0.3) is 0 Å². The van der Waals surface area contributed by atoms with Crippen molar-refractivity contribution in [2.75, 3.05) is 12.5 Å². The van der Waals surface area contributed by atoms with Crippen molar-refractivity contribution in [3.8, 4) is 5.75 Å². The number of carbonyl (C=O) groups is 1. The van der Waals surface area contributed by atoms with Gasteiger partial charge in [-0.25, -0.2) is 8.42 Å². The Hall–Kier alpha value is -1.26. The van der Waals surface area contributed by atoms with Gasteiger partial charge < -0.3 is 9.29 Å². The minimum absolute atomic E-state index is 0.111. The van der Waals surface area contributed by atoms with Gasteiger partial charge in [0.25, 0.3) is 0 Å². The molecule has 162 valence electrons. The molecule has 0 unspecified atom stereocenters. The predicted molar refractivity (Wildman–Crippen MR) is 103 cm³/mol. The van der Waals surface area contributed by atoms with Crippen molar-refractivity contribution in [3.63, 3.8) is 0 Å². The molecule has 0 heterocycles. The summed E-state index contributed by atoms with van der Waals surface area (Å²) in [5.74, 6) is 0.551. The van der Waals surface area contributed by atoms with Crippen LogP contribution in [0, 0.1) is 0 Å². The highest BCUT2D eigenvalue weighted by atomic mass is 32.2. The van der Waals surface area contributed by atoms with E-state index in [0.29, 0.717) is 12.2 Å². The molecule has 5 nitrogen and oxygen atoms in total. The molecular formula is C18H27F3O5S2. The average Bonchev–Trinajstić information content (AvgIpc) is 2.57. The van der Waals surface area contributed by atoms with Crippen LogP contribution >= 0.6 is 0 Å². The first-order valence-electron chi connectivity index (χ1n) is 8.79. The van der Waals surface area contributed by atoms with Gasteiger partial charge in [-0.1, -0.05) is 39.0 Å². The molecule has 0 saturated heterocycles. The Labute approximate surface area is 167 Å². The minimum Gasteiger partial charge on any atom is -0.741 e. The van der Waals surface area contributed by atoms with Crippen molar-refractivity contribution in [1.82, 2.24) is 0 Å². The maximum absolute atomic E-state index is 11.7. The molecule has 0 saturated carbocycles. The molecule has 0 aromatic heterocycles. The van der Waals surface area contributed by atoms with Gasteiger partial charge in [0.1, 0.15) is 18.3 Å². The van der Waals surface area contributed by atoms with Crippen molar-refractivity contribution in [3.05, 3.63) is 24.3 Å². The molecule has 0 aliphatic heterocycles. The molecule has 0 spiro atoms. The zero-order chi connectivity index (χ0) is 21.8. The van der Waals surface area contributed by atoms with E-state index in [1.807, 2.05) is 24.3 Å². The quantitative estimate of drug-likeness (QED) is 0.138. The van der Waals surface area contributed by atoms with E-state index in [4.69, 9.17) is 17.7 Å². The lowest BCUT2D eigenvalue weighted by Gasteiger charge is -2.08. The Morgan fingerprint density at radius 2 is 1.50 bits per heavy atom. The molecule has 1 aromatic carbocycles. The van der Waals surface area contributed by atoms with Crippen LogP contribution in [0.4, 0.5) is 13.2 Å². The molecule has 1 aromatic rings. The molecule has 0 aliphatic rings. The number of ether oxygens (including phenoxy) is 1. The summed E-state index contributed by atoms with van der Waals surface area (Å²) < 4.78 is 64.2. The van der Waals surface area contributed by atoms with Gasteiger partial charge in [-0.15, -0.1) is 0 Å². The van der Waals surface area contributed by atoms with E-state index in [2.05, 4.69) is 19.4 Å². The summed E-state index contributed by atoms with van der Waals surface area (Å²) in [6, 6.07) is 7.86. The van der Waals surface area contributed by atoms with Crippen molar-refractivity contribution in [2.24, 2.45) is 0 Å². The molecule has 0 N–H and O–H groups in total. The van der Waals surface area contributed by atoms with Crippen LogP contribution in [0.15, 0.2) is 29.2 Å². The fraction of sp³-hybridized carbons (Fsp3) is 0.611. The maximum Gasteiger partial charge on any atom is 0.485 e. The topological polar surface area (TPSA) is 83.5 Å². The highest BCUT2D eigenvalue weighted by Crippen LogP contribution is 2.20. The van der Waals surface area contributed by atoms with E-state index >= 15 is 0 Å². The van der Waals surface area contributed by atoms with E-state index in [9.17, 15) is 18.0 Å². The molecule has 0 amide bonds. The van der Waals surface area contributed by atoms with Crippen molar-refractivity contribution in [1.29, 1.82) is 0 Å². The molecule has 28 heavy (non-hydrogen) atoms. The third-order valence-electron chi connectivity index (χ3n) is 3.54. The van der Waals surface area contributed by atoms with Gasteiger partial charge in [0.15, 0.2) is 15.0 Å². The number of hydrogen-bond acceptors (Lipinski definition) is 5. The molecule has 0 fully saturated rings. The monoisotopic (exact) mass is 444 g/mol.